The van der Waals surface area contributed by atoms with Crippen molar-refractivity contribution in [2.24, 2.45) is 0 Å². The van der Waals surface area contributed by atoms with E-state index in [0.29, 0.717) is 11.7 Å². The number of phenolic OH excluding ortho intramolecular Hbond substituents is 1. The van der Waals surface area contributed by atoms with Crippen LogP contribution in [0.2, 0.25) is 0 Å². The molecule has 0 aromatic heterocycles. The number of phenols is 1. The maximum Gasteiger partial charge on any atom is 0.122 e. The van der Waals surface area contributed by atoms with E-state index in [1.54, 1.807) is 0 Å². The Hall–Kier alpha value is -1.02. The number of benzene rings is 1. The average Bonchev–Trinajstić information content (AvgIpc) is 2.62. The molecule has 2 heteroatoms. The van der Waals surface area contributed by atoms with E-state index in [1.807, 2.05) is 25.1 Å². The smallest absolute Gasteiger partial charge is 0.122 e. The molecule has 1 aliphatic heterocycles. The summed E-state index contributed by atoms with van der Waals surface area (Å²) in [5.74, 6) is 0.831. The third kappa shape index (κ3) is 1.54. The summed E-state index contributed by atoms with van der Waals surface area (Å²) in [7, 11) is 0. The molecule has 2 rings (SSSR count). The second-order valence-electron chi connectivity index (χ2n) is 3.57. The predicted octanol–water partition coefficient (Wildman–Crippen LogP) is 2.20. The van der Waals surface area contributed by atoms with Crippen LogP contribution in [0.1, 0.15) is 23.5 Å². The minimum absolute atomic E-state index is 0.389. The monoisotopic (exact) mass is 178 g/mol. The topological polar surface area (TPSA) is 29.5 Å². The fraction of sp³-hybridized carbons (Fsp3) is 0.455. The van der Waals surface area contributed by atoms with Gasteiger partial charge in [-0.3, -0.25) is 0 Å². The van der Waals surface area contributed by atoms with E-state index in [4.69, 9.17) is 4.74 Å². The van der Waals surface area contributed by atoms with Crippen LogP contribution < -0.4 is 0 Å². The highest BCUT2D eigenvalue weighted by atomic mass is 16.5. The molecule has 1 fully saturated rings. The van der Waals surface area contributed by atoms with Gasteiger partial charge in [0.05, 0.1) is 6.61 Å². The van der Waals surface area contributed by atoms with E-state index in [9.17, 15) is 5.11 Å². The molecule has 1 saturated heterocycles. The number of aromatic hydroxyl groups is 1. The van der Waals surface area contributed by atoms with Crippen LogP contribution in [0.3, 0.4) is 0 Å². The third-order valence-electron chi connectivity index (χ3n) is 2.64. The molecule has 0 unspecified atom stereocenters. The van der Waals surface area contributed by atoms with Gasteiger partial charge in [-0.2, -0.15) is 0 Å². The van der Waals surface area contributed by atoms with Crippen molar-refractivity contribution in [2.75, 3.05) is 13.2 Å². The molecule has 0 amide bonds. The SMILES string of the molecule is Cc1cccc([C@H]2CCOC2)c1O. The second kappa shape index (κ2) is 3.38. The van der Waals surface area contributed by atoms with E-state index in [0.717, 1.165) is 30.8 Å². The molecule has 1 atom stereocenters. The van der Waals surface area contributed by atoms with Crippen molar-refractivity contribution in [3.63, 3.8) is 0 Å². The Morgan fingerprint density at radius 1 is 1.46 bits per heavy atom. The number of rotatable bonds is 1. The highest BCUT2D eigenvalue weighted by Crippen LogP contribution is 2.33. The zero-order valence-electron chi connectivity index (χ0n) is 7.79. The quantitative estimate of drug-likeness (QED) is 0.714. The molecule has 1 aromatic rings. The molecule has 2 nitrogen and oxygen atoms in total. The highest BCUT2D eigenvalue weighted by molar-refractivity contribution is 5.41. The van der Waals surface area contributed by atoms with Gasteiger partial charge in [0.2, 0.25) is 0 Å². The van der Waals surface area contributed by atoms with Crippen LogP contribution in [0.5, 0.6) is 5.75 Å². The molecular weight excluding hydrogens is 164 g/mol. The summed E-state index contributed by atoms with van der Waals surface area (Å²) in [6, 6.07) is 5.90. The summed E-state index contributed by atoms with van der Waals surface area (Å²) in [5, 5.41) is 9.80. The van der Waals surface area contributed by atoms with Gasteiger partial charge in [0.25, 0.3) is 0 Å². The maximum atomic E-state index is 9.80. The Bertz CT molecular complexity index is 301. The van der Waals surface area contributed by atoms with Crippen LogP contribution in [0, 0.1) is 6.92 Å². The molecule has 70 valence electrons. The van der Waals surface area contributed by atoms with Crippen LogP contribution >= 0.6 is 0 Å². The lowest BCUT2D eigenvalue weighted by Gasteiger charge is -2.11. The highest BCUT2D eigenvalue weighted by Gasteiger charge is 2.20. The fourth-order valence-electron chi connectivity index (χ4n) is 1.79. The van der Waals surface area contributed by atoms with E-state index in [-0.39, 0.29) is 0 Å². The molecular formula is C11H14O2. The Morgan fingerprint density at radius 2 is 2.31 bits per heavy atom. The van der Waals surface area contributed by atoms with E-state index in [1.165, 1.54) is 0 Å². The number of hydrogen-bond donors (Lipinski definition) is 1. The van der Waals surface area contributed by atoms with Crippen molar-refractivity contribution in [3.05, 3.63) is 29.3 Å². The minimum atomic E-state index is 0.389. The second-order valence-corrected chi connectivity index (χ2v) is 3.57. The lowest BCUT2D eigenvalue weighted by Crippen LogP contribution is -1.98. The summed E-state index contributed by atoms with van der Waals surface area (Å²) in [6.07, 6.45) is 1.02. The molecule has 1 heterocycles. The van der Waals surface area contributed by atoms with Crippen LogP contribution in [0.15, 0.2) is 18.2 Å². The Kier molecular flexibility index (Phi) is 2.23. The normalized spacial score (nSPS) is 22.1. The van der Waals surface area contributed by atoms with Crippen molar-refractivity contribution in [2.45, 2.75) is 19.3 Å². The fourth-order valence-corrected chi connectivity index (χ4v) is 1.79. The standard InChI is InChI=1S/C11H14O2/c1-8-3-2-4-10(11(8)12)9-5-6-13-7-9/h2-4,9,12H,5-7H2,1H3/t9-/m0/s1. The van der Waals surface area contributed by atoms with Gasteiger partial charge in [0, 0.05) is 12.5 Å². The van der Waals surface area contributed by atoms with Gasteiger partial charge in [0.15, 0.2) is 0 Å². The van der Waals surface area contributed by atoms with E-state index in [2.05, 4.69) is 0 Å². The van der Waals surface area contributed by atoms with Gasteiger partial charge in [-0.05, 0) is 24.5 Å². The van der Waals surface area contributed by atoms with Gasteiger partial charge < -0.3 is 9.84 Å². The van der Waals surface area contributed by atoms with Gasteiger partial charge in [-0.15, -0.1) is 0 Å². The summed E-state index contributed by atoms with van der Waals surface area (Å²) in [5.41, 5.74) is 1.99. The van der Waals surface area contributed by atoms with Crippen molar-refractivity contribution >= 4 is 0 Å². The maximum absolute atomic E-state index is 9.80. The van der Waals surface area contributed by atoms with E-state index >= 15 is 0 Å². The number of para-hydroxylation sites is 1. The van der Waals surface area contributed by atoms with Gasteiger partial charge in [0.1, 0.15) is 5.75 Å². The Morgan fingerprint density at radius 3 is 3.00 bits per heavy atom. The predicted molar refractivity (Wildman–Crippen MR) is 51.0 cm³/mol. The molecule has 1 N–H and O–H groups in total. The third-order valence-corrected chi connectivity index (χ3v) is 2.64. The minimum Gasteiger partial charge on any atom is -0.507 e. The molecule has 0 aliphatic carbocycles. The van der Waals surface area contributed by atoms with Crippen molar-refractivity contribution < 1.29 is 9.84 Å². The van der Waals surface area contributed by atoms with Crippen molar-refractivity contribution in [3.8, 4) is 5.75 Å². The molecule has 0 bridgehead atoms. The first-order chi connectivity index (χ1) is 6.29. The number of hydrogen-bond acceptors (Lipinski definition) is 2. The first kappa shape index (κ1) is 8.57. The molecule has 0 saturated carbocycles. The summed E-state index contributed by atoms with van der Waals surface area (Å²) >= 11 is 0. The summed E-state index contributed by atoms with van der Waals surface area (Å²) in [6.45, 7) is 3.49. The summed E-state index contributed by atoms with van der Waals surface area (Å²) in [4.78, 5) is 0. The first-order valence-corrected chi connectivity index (χ1v) is 4.65. The average molecular weight is 178 g/mol. The van der Waals surface area contributed by atoms with Crippen LogP contribution in [0.25, 0.3) is 0 Å². The van der Waals surface area contributed by atoms with Crippen molar-refractivity contribution in [1.82, 2.24) is 0 Å². The molecule has 1 aliphatic rings. The van der Waals surface area contributed by atoms with Gasteiger partial charge >= 0.3 is 0 Å². The Labute approximate surface area is 78.2 Å². The Balaban J connectivity index is 2.33. The molecule has 0 radical (unpaired) electrons. The molecule has 13 heavy (non-hydrogen) atoms. The lowest BCUT2D eigenvalue weighted by molar-refractivity contribution is 0.193. The van der Waals surface area contributed by atoms with Crippen molar-refractivity contribution in [1.29, 1.82) is 0 Å². The van der Waals surface area contributed by atoms with Crippen LogP contribution in [-0.4, -0.2) is 18.3 Å². The zero-order chi connectivity index (χ0) is 9.26. The van der Waals surface area contributed by atoms with Gasteiger partial charge in [-0.25, -0.2) is 0 Å². The van der Waals surface area contributed by atoms with Crippen LogP contribution in [0.4, 0.5) is 0 Å². The summed E-state index contributed by atoms with van der Waals surface area (Å²) < 4.78 is 5.30. The van der Waals surface area contributed by atoms with Gasteiger partial charge in [-0.1, -0.05) is 18.2 Å². The number of ether oxygens (including phenoxy) is 1. The van der Waals surface area contributed by atoms with Crippen LogP contribution in [-0.2, 0) is 4.74 Å². The molecule has 0 spiro atoms. The lowest BCUT2D eigenvalue weighted by atomic mass is 9.96. The zero-order valence-corrected chi connectivity index (χ0v) is 7.79. The first-order valence-electron chi connectivity index (χ1n) is 4.65. The number of aryl methyl sites for hydroxylation is 1. The van der Waals surface area contributed by atoms with E-state index < -0.39 is 0 Å². The molecule has 1 aromatic carbocycles. The largest absolute Gasteiger partial charge is 0.507 e.